The van der Waals surface area contributed by atoms with Gasteiger partial charge in [0.2, 0.25) is 5.91 Å². The normalized spacial score (nSPS) is 20.8. The van der Waals surface area contributed by atoms with E-state index in [4.69, 9.17) is 0 Å². The van der Waals surface area contributed by atoms with E-state index in [1.807, 2.05) is 11.8 Å². The topological polar surface area (TPSA) is 40.5 Å². The molecule has 1 aromatic carbocycles. The summed E-state index contributed by atoms with van der Waals surface area (Å²) in [5.74, 6) is 1.31. The maximum absolute atomic E-state index is 12.3. The molecular weight excluding hydrogens is 298 g/mol. The number of carbonyl (C=O) groups is 1. The van der Waals surface area contributed by atoms with Gasteiger partial charge >= 0.3 is 0 Å². The number of benzene rings is 1. The van der Waals surface area contributed by atoms with E-state index in [1.54, 1.807) is 0 Å². The fraction of sp³-hybridized carbons (Fsp3) is 0.667. The van der Waals surface area contributed by atoms with Crippen molar-refractivity contribution in [3.63, 3.8) is 0 Å². The number of aliphatic hydroxyl groups is 1. The lowest BCUT2D eigenvalue weighted by molar-refractivity contribution is -0.160. The summed E-state index contributed by atoms with van der Waals surface area (Å²) >= 11 is 0. The van der Waals surface area contributed by atoms with Crippen molar-refractivity contribution in [2.75, 3.05) is 19.7 Å². The van der Waals surface area contributed by atoms with Crippen LogP contribution in [0.25, 0.3) is 0 Å². The van der Waals surface area contributed by atoms with Gasteiger partial charge in [0.05, 0.1) is 12.5 Å². The van der Waals surface area contributed by atoms with Gasteiger partial charge in [-0.3, -0.25) is 4.79 Å². The number of hydrogen-bond acceptors (Lipinski definition) is 2. The van der Waals surface area contributed by atoms with Crippen molar-refractivity contribution < 1.29 is 9.90 Å². The van der Waals surface area contributed by atoms with Gasteiger partial charge in [0.15, 0.2) is 0 Å². The summed E-state index contributed by atoms with van der Waals surface area (Å²) in [6.07, 6.45) is 4.40. The lowest BCUT2D eigenvalue weighted by Crippen LogP contribution is -2.64. The molecule has 1 saturated heterocycles. The van der Waals surface area contributed by atoms with Crippen LogP contribution in [0.5, 0.6) is 0 Å². The monoisotopic (exact) mass is 329 g/mol. The minimum atomic E-state index is -0.197. The largest absolute Gasteiger partial charge is 0.396 e. The molecule has 1 heterocycles. The molecule has 132 valence electrons. The second-order valence-corrected chi connectivity index (χ2v) is 8.36. The van der Waals surface area contributed by atoms with E-state index in [0.717, 1.165) is 25.4 Å². The van der Waals surface area contributed by atoms with Crippen LogP contribution in [0.4, 0.5) is 0 Å². The molecule has 1 saturated carbocycles. The highest BCUT2D eigenvalue weighted by molar-refractivity contribution is 5.80. The fourth-order valence-electron chi connectivity index (χ4n) is 4.54. The van der Waals surface area contributed by atoms with Crippen molar-refractivity contribution in [2.45, 2.75) is 52.4 Å². The van der Waals surface area contributed by atoms with Crippen LogP contribution in [0.15, 0.2) is 24.3 Å². The van der Waals surface area contributed by atoms with Crippen molar-refractivity contribution >= 4 is 5.91 Å². The third-order valence-electron chi connectivity index (χ3n) is 6.01. The van der Waals surface area contributed by atoms with Crippen LogP contribution in [-0.2, 0) is 11.2 Å². The van der Waals surface area contributed by atoms with E-state index in [-0.39, 0.29) is 18.4 Å². The SMILES string of the molecule is CC[C@H](CO)C(=O)N1CC2(CC(Cc3cccc(C(C)C)c3)C2)C1. The van der Waals surface area contributed by atoms with Crippen molar-refractivity contribution in [3.8, 4) is 0 Å². The van der Waals surface area contributed by atoms with Gasteiger partial charge in [0, 0.05) is 18.5 Å². The van der Waals surface area contributed by atoms with Gasteiger partial charge in [-0.15, -0.1) is 0 Å². The van der Waals surface area contributed by atoms with Crippen LogP contribution in [0.3, 0.4) is 0 Å². The first kappa shape index (κ1) is 17.5. The smallest absolute Gasteiger partial charge is 0.228 e. The molecule has 3 heteroatoms. The summed E-state index contributed by atoms with van der Waals surface area (Å²) in [6.45, 7) is 8.25. The van der Waals surface area contributed by atoms with Crippen LogP contribution < -0.4 is 0 Å². The Morgan fingerprint density at radius 1 is 1.33 bits per heavy atom. The van der Waals surface area contributed by atoms with E-state index >= 15 is 0 Å². The van der Waals surface area contributed by atoms with Crippen molar-refractivity contribution in [2.24, 2.45) is 17.3 Å². The molecule has 3 rings (SSSR count). The highest BCUT2D eigenvalue weighted by Gasteiger charge is 2.53. The maximum Gasteiger partial charge on any atom is 0.228 e. The third-order valence-corrected chi connectivity index (χ3v) is 6.01. The number of likely N-dealkylation sites (tertiary alicyclic amines) is 1. The Morgan fingerprint density at radius 3 is 2.62 bits per heavy atom. The van der Waals surface area contributed by atoms with Gasteiger partial charge in [-0.2, -0.15) is 0 Å². The zero-order chi connectivity index (χ0) is 17.3. The summed E-state index contributed by atoms with van der Waals surface area (Å²) in [7, 11) is 0. The van der Waals surface area contributed by atoms with Crippen molar-refractivity contribution in [3.05, 3.63) is 35.4 Å². The van der Waals surface area contributed by atoms with Crippen LogP contribution in [0.2, 0.25) is 0 Å². The number of amides is 1. The van der Waals surface area contributed by atoms with Crippen LogP contribution in [0.1, 0.15) is 57.1 Å². The Morgan fingerprint density at radius 2 is 2.04 bits per heavy atom. The number of rotatable bonds is 6. The Kier molecular flexibility index (Phi) is 5.00. The molecule has 1 aromatic rings. The van der Waals surface area contributed by atoms with Gasteiger partial charge in [0.1, 0.15) is 0 Å². The summed E-state index contributed by atoms with van der Waals surface area (Å²) in [5.41, 5.74) is 3.28. The van der Waals surface area contributed by atoms with Crippen LogP contribution in [-0.4, -0.2) is 35.6 Å². The van der Waals surface area contributed by atoms with Gasteiger partial charge in [-0.25, -0.2) is 0 Å². The Hall–Kier alpha value is -1.35. The number of nitrogens with zero attached hydrogens (tertiary/aromatic N) is 1. The average Bonchev–Trinajstić information content (AvgIpc) is 2.49. The quantitative estimate of drug-likeness (QED) is 0.866. The van der Waals surface area contributed by atoms with Crippen molar-refractivity contribution in [1.82, 2.24) is 4.90 Å². The van der Waals surface area contributed by atoms with E-state index in [0.29, 0.717) is 11.3 Å². The first-order valence-corrected chi connectivity index (χ1v) is 9.45. The molecule has 3 nitrogen and oxygen atoms in total. The zero-order valence-corrected chi connectivity index (χ0v) is 15.3. The van der Waals surface area contributed by atoms with Crippen molar-refractivity contribution in [1.29, 1.82) is 0 Å². The van der Waals surface area contributed by atoms with Crippen LogP contribution >= 0.6 is 0 Å². The molecule has 2 fully saturated rings. The van der Waals surface area contributed by atoms with Gasteiger partial charge < -0.3 is 10.0 Å². The average molecular weight is 329 g/mol. The molecule has 1 atom stereocenters. The lowest BCUT2D eigenvalue weighted by atomic mass is 9.56. The lowest BCUT2D eigenvalue weighted by Gasteiger charge is -2.59. The fourth-order valence-corrected chi connectivity index (χ4v) is 4.54. The van der Waals surface area contributed by atoms with E-state index in [2.05, 4.69) is 38.1 Å². The predicted molar refractivity (Wildman–Crippen MR) is 96.8 cm³/mol. The minimum absolute atomic E-state index is 0.0202. The summed E-state index contributed by atoms with van der Waals surface area (Å²) in [4.78, 5) is 14.2. The molecule has 0 unspecified atom stereocenters. The molecular formula is C21H31NO2. The Bertz CT molecular complexity index is 577. The molecule has 1 aliphatic carbocycles. The first-order chi connectivity index (χ1) is 11.5. The van der Waals surface area contributed by atoms with Gasteiger partial charge in [-0.1, -0.05) is 45.0 Å². The van der Waals surface area contributed by atoms with Gasteiger partial charge in [0.25, 0.3) is 0 Å². The number of carbonyl (C=O) groups excluding carboxylic acids is 1. The standard InChI is InChI=1S/C21H31NO2/c1-4-18(12-23)20(24)22-13-21(14-22)10-17(11-21)8-16-6-5-7-19(9-16)15(2)3/h5-7,9,15,17-18,23H,4,8,10-14H2,1-3H3/t18-/m1/s1. The molecule has 0 aromatic heterocycles. The molecule has 1 amide bonds. The number of hydrogen-bond donors (Lipinski definition) is 1. The molecule has 0 bridgehead atoms. The summed E-state index contributed by atoms with van der Waals surface area (Å²) < 4.78 is 0. The Labute approximate surface area is 146 Å². The molecule has 1 spiro atoms. The van der Waals surface area contributed by atoms with Gasteiger partial charge in [-0.05, 0) is 48.6 Å². The third kappa shape index (κ3) is 3.37. The van der Waals surface area contributed by atoms with E-state index < -0.39 is 0 Å². The highest BCUT2D eigenvalue weighted by Crippen LogP contribution is 2.53. The first-order valence-electron chi connectivity index (χ1n) is 9.45. The minimum Gasteiger partial charge on any atom is -0.396 e. The molecule has 24 heavy (non-hydrogen) atoms. The zero-order valence-electron chi connectivity index (χ0n) is 15.3. The summed E-state index contributed by atoms with van der Waals surface area (Å²) in [5, 5.41) is 9.29. The number of aliphatic hydroxyl groups excluding tert-OH is 1. The van der Waals surface area contributed by atoms with E-state index in [9.17, 15) is 9.90 Å². The predicted octanol–water partition coefficient (Wildman–Crippen LogP) is 3.61. The highest BCUT2D eigenvalue weighted by atomic mass is 16.3. The molecule has 1 N–H and O–H groups in total. The van der Waals surface area contributed by atoms with Crippen LogP contribution in [0, 0.1) is 17.3 Å². The molecule has 1 aliphatic heterocycles. The molecule has 2 aliphatic rings. The maximum atomic E-state index is 12.3. The second kappa shape index (κ2) is 6.87. The summed E-state index contributed by atoms with van der Waals surface area (Å²) in [6, 6.07) is 9.01. The Balaban J connectivity index is 1.47. The molecule has 0 radical (unpaired) electrons. The van der Waals surface area contributed by atoms with E-state index in [1.165, 1.54) is 30.4 Å². The second-order valence-electron chi connectivity index (χ2n) is 8.36.